The monoisotopic (exact) mass is 225 g/mol. The third-order valence-electron chi connectivity index (χ3n) is 3.62. The van der Waals surface area contributed by atoms with Gasteiger partial charge in [-0.25, -0.2) is 0 Å². The van der Waals surface area contributed by atoms with Crippen LogP contribution < -0.4 is 0 Å². The summed E-state index contributed by atoms with van der Waals surface area (Å²) in [5.74, 6) is 0. The number of nitrogens with zero attached hydrogens (tertiary/aromatic N) is 1. The van der Waals surface area contributed by atoms with Crippen LogP contribution in [0.3, 0.4) is 0 Å². The van der Waals surface area contributed by atoms with Crippen LogP contribution in [0.25, 0.3) is 0 Å². The summed E-state index contributed by atoms with van der Waals surface area (Å²) in [5.41, 5.74) is 1.99. The molecule has 0 aliphatic heterocycles. The second kappa shape index (κ2) is 5.83. The van der Waals surface area contributed by atoms with Crippen molar-refractivity contribution in [1.29, 1.82) is 0 Å². The molecule has 0 N–H and O–H groups in total. The van der Waals surface area contributed by atoms with Crippen LogP contribution in [-0.2, 0) is 4.74 Å². The molecule has 2 heteroatoms. The molecule has 0 aromatic rings. The summed E-state index contributed by atoms with van der Waals surface area (Å²) in [6.07, 6.45) is 6.21. The average molecular weight is 225 g/mol. The van der Waals surface area contributed by atoms with E-state index in [0.717, 1.165) is 13.2 Å². The molecule has 1 aliphatic carbocycles. The number of methoxy groups -OCH3 is 1. The predicted molar refractivity (Wildman–Crippen MR) is 69.7 cm³/mol. The zero-order chi connectivity index (χ0) is 12.2. The van der Waals surface area contributed by atoms with Gasteiger partial charge in [0.05, 0.1) is 6.61 Å². The van der Waals surface area contributed by atoms with Crippen LogP contribution in [0.15, 0.2) is 11.6 Å². The van der Waals surface area contributed by atoms with Crippen molar-refractivity contribution in [2.75, 3.05) is 27.3 Å². The Bertz CT molecular complexity index is 240. The van der Waals surface area contributed by atoms with Crippen molar-refractivity contribution in [3.05, 3.63) is 11.6 Å². The minimum absolute atomic E-state index is 0.357. The summed E-state index contributed by atoms with van der Waals surface area (Å²) in [4.78, 5) is 2.43. The van der Waals surface area contributed by atoms with Crippen molar-refractivity contribution < 1.29 is 4.74 Å². The SMILES string of the molecule is COCCN(C)C1CC=C(C(C)(C)C)CC1. The first-order valence-corrected chi connectivity index (χ1v) is 6.34. The van der Waals surface area contributed by atoms with Crippen LogP contribution in [0, 0.1) is 5.41 Å². The van der Waals surface area contributed by atoms with Crippen molar-refractivity contribution >= 4 is 0 Å². The smallest absolute Gasteiger partial charge is 0.0589 e. The van der Waals surface area contributed by atoms with Gasteiger partial charge in [-0.3, -0.25) is 0 Å². The molecule has 2 nitrogen and oxygen atoms in total. The fourth-order valence-corrected chi connectivity index (χ4v) is 2.32. The topological polar surface area (TPSA) is 12.5 Å². The Labute approximate surface area is 101 Å². The van der Waals surface area contributed by atoms with E-state index in [2.05, 4.69) is 38.8 Å². The molecule has 94 valence electrons. The molecule has 0 fully saturated rings. The van der Waals surface area contributed by atoms with Gasteiger partial charge >= 0.3 is 0 Å². The van der Waals surface area contributed by atoms with Gasteiger partial charge in [-0.15, -0.1) is 0 Å². The van der Waals surface area contributed by atoms with E-state index in [1.807, 2.05) is 0 Å². The highest BCUT2D eigenvalue weighted by Crippen LogP contribution is 2.34. The highest BCUT2D eigenvalue weighted by atomic mass is 16.5. The lowest BCUT2D eigenvalue weighted by Crippen LogP contribution is -2.36. The van der Waals surface area contributed by atoms with Gasteiger partial charge in [-0.1, -0.05) is 32.4 Å². The molecule has 0 saturated carbocycles. The molecule has 0 bridgehead atoms. The fraction of sp³-hybridized carbons (Fsp3) is 0.857. The van der Waals surface area contributed by atoms with Gasteiger partial charge in [0.1, 0.15) is 0 Å². The summed E-state index contributed by atoms with van der Waals surface area (Å²) in [6, 6.07) is 0.709. The third kappa shape index (κ3) is 3.91. The van der Waals surface area contributed by atoms with Gasteiger partial charge in [0.2, 0.25) is 0 Å². The van der Waals surface area contributed by atoms with Crippen molar-refractivity contribution in [3.63, 3.8) is 0 Å². The number of likely N-dealkylation sites (N-methyl/N-ethyl adjacent to an activating group) is 1. The molecule has 16 heavy (non-hydrogen) atoms. The standard InChI is InChI=1S/C14H27NO/c1-14(2,3)12-6-8-13(9-7-12)15(4)10-11-16-5/h6,13H,7-11H2,1-5H3. The van der Waals surface area contributed by atoms with Gasteiger partial charge < -0.3 is 9.64 Å². The van der Waals surface area contributed by atoms with E-state index in [-0.39, 0.29) is 0 Å². The van der Waals surface area contributed by atoms with E-state index in [1.165, 1.54) is 19.3 Å². The van der Waals surface area contributed by atoms with E-state index in [0.29, 0.717) is 11.5 Å². The molecule has 0 amide bonds. The van der Waals surface area contributed by atoms with Crippen molar-refractivity contribution in [3.8, 4) is 0 Å². The summed E-state index contributed by atoms with van der Waals surface area (Å²) in [5, 5.41) is 0. The van der Waals surface area contributed by atoms with Gasteiger partial charge in [-0.2, -0.15) is 0 Å². The molecule has 1 unspecified atom stereocenters. The van der Waals surface area contributed by atoms with Crippen LogP contribution in [0.5, 0.6) is 0 Å². The van der Waals surface area contributed by atoms with E-state index in [1.54, 1.807) is 12.7 Å². The third-order valence-corrected chi connectivity index (χ3v) is 3.62. The minimum atomic E-state index is 0.357. The Morgan fingerprint density at radius 1 is 1.44 bits per heavy atom. The first kappa shape index (κ1) is 13.7. The summed E-state index contributed by atoms with van der Waals surface area (Å²) in [6.45, 7) is 8.82. The van der Waals surface area contributed by atoms with Crippen LogP contribution in [0.1, 0.15) is 40.0 Å². The molecule has 0 radical (unpaired) electrons. The highest BCUT2D eigenvalue weighted by Gasteiger charge is 2.24. The molecule has 0 spiro atoms. The lowest BCUT2D eigenvalue weighted by atomic mass is 9.79. The largest absolute Gasteiger partial charge is 0.383 e. The average Bonchev–Trinajstić information content (AvgIpc) is 2.25. The highest BCUT2D eigenvalue weighted by molar-refractivity contribution is 5.14. The molecular weight excluding hydrogens is 198 g/mol. The maximum atomic E-state index is 5.12. The predicted octanol–water partition coefficient (Wildman–Crippen LogP) is 3.09. The normalized spacial score (nSPS) is 22.4. The Morgan fingerprint density at radius 3 is 2.56 bits per heavy atom. The molecule has 1 atom stereocenters. The van der Waals surface area contributed by atoms with Crippen LogP contribution >= 0.6 is 0 Å². The van der Waals surface area contributed by atoms with Crippen LogP contribution in [0.4, 0.5) is 0 Å². The van der Waals surface area contributed by atoms with Gasteiger partial charge in [0, 0.05) is 19.7 Å². The minimum Gasteiger partial charge on any atom is -0.383 e. The maximum Gasteiger partial charge on any atom is 0.0589 e. The maximum absolute atomic E-state index is 5.12. The van der Waals surface area contributed by atoms with Gasteiger partial charge in [0.25, 0.3) is 0 Å². The molecule has 0 saturated heterocycles. The summed E-state index contributed by atoms with van der Waals surface area (Å²) < 4.78 is 5.12. The number of hydrogen-bond donors (Lipinski definition) is 0. The second-order valence-electron chi connectivity index (χ2n) is 5.88. The number of rotatable bonds is 4. The lowest BCUT2D eigenvalue weighted by molar-refractivity contribution is 0.133. The molecule has 0 aromatic heterocycles. The summed E-state index contributed by atoms with van der Waals surface area (Å²) in [7, 11) is 3.98. The Kier molecular flexibility index (Phi) is 5.00. The van der Waals surface area contributed by atoms with E-state index in [4.69, 9.17) is 4.74 Å². The van der Waals surface area contributed by atoms with Crippen molar-refractivity contribution in [1.82, 2.24) is 4.90 Å². The molecular formula is C14H27NO. The molecule has 0 heterocycles. The molecule has 1 aliphatic rings. The first-order valence-electron chi connectivity index (χ1n) is 6.34. The molecule has 0 aromatic carbocycles. The molecule has 1 rings (SSSR count). The van der Waals surface area contributed by atoms with E-state index < -0.39 is 0 Å². The first-order chi connectivity index (χ1) is 7.45. The van der Waals surface area contributed by atoms with Gasteiger partial charge in [-0.05, 0) is 31.7 Å². The number of hydrogen-bond acceptors (Lipinski definition) is 2. The Balaban J connectivity index is 2.44. The van der Waals surface area contributed by atoms with Crippen molar-refractivity contribution in [2.24, 2.45) is 5.41 Å². The zero-order valence-corrected chi connectivity index (χ0v) is 11.5. The van der Waals surface area contributed by atoms with Crippen LogP contribution in [-0.4, -0.2) is 38.3 Å². The number of ether oxygens (including phenoxy) is 1. The van der Waals surface area contributed by atoms with E-state index >= 15 is 0 Å². The quantitative estimate of drug-likeness (QED) is 0.682. The van der Waals surface area contributed by atoms with Gasteiger partial charge in [0.15, 0.2) is 0 Å². The number of allylic oxidation sites excluding steroid dienone is 1. The Morgan fingerprint density at radius 2 is 2.12 bits per heavy atom. The Hall–Kier alpha value is -0.340. The fourth-order valence-electron chi connectivity index (χ4n) is 2.32. The second-order valence-corrected chi connectivity index (χ2v) is 5.88. The van der Waals surface area contributed by atoms with Crippen LogP contribution in [0.2, 0.25) is 0 Å². The lowest BCUT2D eigenvalue weighted by Gasteiger charge is -2.34. The van der Waals surface area contributed by atoms with E-state index in [9.17, 15) is 0 Å². The zero-order valence-electron chi connectivity index (χ0n) is 11.5. The summed E-state index contributed by atoms with van der Waals surface area (Å²) >= 11 is 0. The van der Waals surface area contributed by atoms with Crippen molar-refractivity contribution in [2.45, 2.75) is 46.1 Å².